The van der Waals surface area contributed by atoms with Crippen LogP contribution in [0.25, 0.3) is 99.9 Å². The third-order valence-corrected chi connectivity index (χ3v) is 10.5. The molecule has 5 nitrogen and oxygen atoms in total. The highest BCUT2D eigenvalue weighted by molar-refractivity contribution is 6.26. The molecule has 0 unspecified atom stereocenters. The molecule has 0 aliphatic rings. The summed E-state index contributed by atoms with van der Waals surface area (Å²) < 4.78 is 4.80. The Morgan fingerprint density at radius 3 is 1.72 bits per heavy atom. The van der Waals surface area contributed by atoms with Gasteiger partial charge in [0.1, 0.15) is 0 Å². The normalized spacial score (nSPS) is 11.7. The average molecular weight is 690 g/mol. The molecule has 0 spiro atoms. The van der Waals surface area contributed by atoms with Gasteiger partial charge >= 0.3 is 0 Å². The number of hydrogen-bond acceptors (Lipinski definition) is 3. The monoisotopic (exact) mass is 689 g/mol. The number of rotatable bonds is 5. The Balaban J connectivity index is 1.18. The van der Waals surface area contributed by atoms with E-state index in [2.05, 4.69) is 179 Å². The summed E-state index contributed by atoms with van der Waals surface area (Å²) >= 11 is 0. The third kappa shape index (κ3) is 4.69. The van der Waals surface area contributed by atoms with Crippen LogP contribution in [0.2, 0.25) is 0 Å². The Morgan fingerprint density at radius 2 is 0.907 bits per heavy atom. The quantitative estimate of drug-likeness (QED) is 0.181. The van der Waals surface area contributed by atoms with Gasteiger partial charge in [0.05, 0.1) is 22.1 Å². The van der Waals surface area contributed by atoms with Gasteiger partial charge in [-0.05, 0) is 53.2 Å². The first-order valence-electron chi connectivity index (χ1n) is 18.2. The van der Waals surface area contributed by atoms with Crippen LogP contribution in [0.4, 0.5) is 0 Å². The highest BCUT2D eigenvalue weighted by Crippen LogP contribution is 2.42. The second-order valence-corrected chi connectivity index (χ2v) is 13.6. The summed E-state index contributed by atoms with van der Waals surface area (Å²) in [6.07, 6.45) is 0. The van der Waals surface area contributed by atoms with E-state index in [0.717, 1.165) is 44.4 Å². The Kier molecular flexibility index (Phi) is 6.79. The van der Waals surface area contributed by atoms with Gasteiger partial charge in [-0.3, -0.25) is 0 Å². The van der Waals surface area contributed by atoms with E-state index in [1.165, 1.54) is 38.1 Å². The van der Waals surface area contributed by atoms with Crippen LogP contribution in [0.15, 0.2) is 188 Å². The van der Waals surface area contributed by atoms with Gasteiger partial charge in [-0.2, -0.15) is 0 Å². The summed E-state index contributed by atoms with van der Waals surface area (Å²) in [5.74, 6) is 1.91. The van der Waals surface area contributed by atoms with Crippen molar-refractivity contribution in [3.05, 3.63) is 188 Å². The summed E-state index contributed by atoms with van der Waals surface area (Å²) in [4.78, 5) is 15.4. The smallest absolute Gasteiger partial charge is 0.164 e. The molecule has 0 N–H and O–H groups in total. The Bertz CT molecular complexity index is 3210. The van der Waals surface area contributed by atoms with E-state index in [-0.39, 0.29) is 0 Å². The van der Waals surface area contributed by atoms with Crippen LogP contribution in [0, 0.1) is 0 Å². The standard InChI is InChI=1S/C49H31N5/c1-3-16-33(17-4-1)47-50-48(52-49(51-47)40-26-14-18-32-15-7-8-23-37(32)40)34-19-13-22-36(31-34)54-42-27-11-9-24-38(42)39-29-30-44-45(46(39)54)41-25-10-12-28-43(41)53(44)35-20-5-2-6-21-35/h1-31H. The molecule has 54 heavy (non-hydrogen) atoms. The summed E-state index contributed by atoms with van der Waals surface area (Å²) in [7, 11) is 0. The van der Waals surface area contributed by atoms with Crippen molar-refractivity contribution in [2.24, 2.45) is 0 Å². The summed E-state index contributed by atoms with van der Waals surface area (Å²) in [6, 6.07) is 66.1. The maximum atomic E-state index is 5.19. The van der Waals surface area contributed by atoms with Crippen molar-refractivity contribution < 1.29 is 0 Å². The first-order valence-corrected chi connectivity index (χ1v) is 18.2. The highest BCUT2D eigenvalue weighted by atomic mass is 15.0. The van der Waals surface area contributed by atoms with Crippen LogP contribution in [0.1, 0.15) is 0 Å². The molecule has 0 bridgehead atoms. The first kappa shape index (κ1) is 30.3. The lowest BCUT2D eigenvalue weighted by atomic mass is 10.0. The number of fused-ring (bicyclic) bond motifs is 8. The molecule has 0 atom stereocenters. The zero-order valence-electron chi connectivity index (χ0n) is 29.1. The molecule has 8 aromatic carbocycles. The minimum atomic E-state index is 0.625. The zero-order chi connectivity index (χ0) is 35.6. The number of hydrogen-bond donors (Lipinski definition) is 0. The largest absolute Gasteiger partial charge is 0.309 e. The van der Waals surface area contributed by atoms with E-state index in [9.17, 15) is 0 Å². The van der Waals surface area contributed by atoms with Crippen molar-refractivity contribution in [2.45, 2.75) is 0 Å². The molecule has 11 aromatic rings. The maximum Gasteiger partial charge on any atom is 0.164 e. The third-order valence-electron chi connectivity index (χ3n) is 10.5. The minimum absolute atomic E-state index is 0.625. The number of nitrogens with zero attached hydrogens (tertiary/aromatic N) is 5. The molecule has 3 aromatic heterocycles. The van der Waals surface area contributed by atoms with Crippen LogP contribution in [0.5, 0.6) is 0 Å². The fourth-order valence-electron chi connectivity index (χ4n) is 8.18. The second kappa shape index (κ2) is 12.1. The van der Waals surface area contributed by atoms with Gasteiger partial charge in [0, 0.05) is 49.6 Å². The highest BCUT2D eigenvalue weighted by Gasteiger charge is 2.21. The average Bonchev–Trinajstić information content (AvgIpc) is 3.77. The van der Waals surface area contributed by atoms with Gasteiger partial charge in [-0.1, -0.05) is 146 Å². The van der Waals surface area contributed by atoms with Gasteiger partial charge in [0.2, 0.25) is 0 Å². The summed E-state index contributed by atoms with van der Waals surface area (Å²) in [5.41, 5.74) is 9.67. The lowest BCUT2D eigenvalue weighted by molar-refractivity contribution is 1.07. The predicted molar refractivity (Wildman–Crippen MR) is 222 cm³/mol. The second-order valence-electron chi connectivity index (χ2n) is 13.6. The van der Waals surface area contributed by atoms with Crippen molar-refractivity contribution in [1.29, 1.82) is 0 Å². The van der Waals surface area contributed by atoms with Crippen molar-refractivity contribution in [2.75, 3.05) is 0 Å². The predicted octanol–water partition coefficient (Wildman–Crippen LogP) is 12.2. The molecule has 0 radical (unpaired) electrons. The molecule has 0 aliphatic carbocycles. The lowest BCUT2D eigenvalue weighted by Crippen LogP contribution is -2.01. The topological polar surface area (TPSA) is 48.5 Å². The Labute approximate surface area is 311 Å². The molecule has 0 saturated carbocycles. The van der Waals surface area contributed by atoms with Crippen molar-refractivity contribution >= 4 is 54.4 Å². The SMILES string of the molecule is c1ccc(-c2nc(-c3cccc(-n4c5ccccc5c5ccc6c(c7ccccc7n6-c6ccccc6)c54)c3)nc(-c3cccc4ccccc34)n2)cc1. The Morgan fingerprint density at radius 1 is 0.333 bits per heavy atom. The molecular weight excluding hydrogens is 659 g/mol. The van der Waals surface area contributed by atoms with Crippen LogP contribution >= 0.6 is 0 Å². The van der Waals surface area contributed by atoms with Crippen LogP contribution in [-0.2, 0) is 0 Å². The zero-order valence-corrected chi connectivity index (χ0v) is 29.1. The molecule has 3 heterocycles. The molecule has 0 saturated heterocycles. The van der Waals surface area contributed by atoms with Gasteiger partial charge in [0.15, 0.2) is 17.5 Å². The molecule has 0 fully saturated rings. The fourth-order valence-corrected chi connectivity index (χ4v) is 8.18. The number of benzene rings is 8. The molecule has 5 heteroatoms. The maximum absolute atomic E-state index is 5.19. The van der Waals surface area contributed by atoms with E-state index in [4.69, 9.17) is 15.0 Å². The van der Waals surface area contributed by atoms with E-state index in [1.807, 2.05) is 18.2 Å². The van der Waals surface area contributed by atoms with Crippen LogP contribution in [-0.4, -0.2) is 24.1 Å². The van der Waals surface area contributed by atoms with Gasteiger partial charge in [-0.25, -0.2) is 15.0 Å². The van der Waals surface area contributed by atoms with Crippen molar-refractivity contribution in [1.82, 2.24) is 24.1 Å². The number of para-hydroxylation sites is 3. The Hall–Kier alpha value is -7.37. The first-order chi connectivity index (χ1) is 26.8. The van der Waals surface area contributed by atoms with E-state index >= 15 is 0 Å². The lowest BCUT2D eigenvalue weighted by Gasteiger charge is -2.13. The fraction of sp³-hybridized carbons (Fsp3) is 0. The molecule has 252 valence electrons. The molecule has 0 aliphatic heterocycles. The van der Waals surface area contributed by atoms with Crippen LogP contribution < -0.4 is 0 Å². The minimum Gasteiger partial charge on any atom is -0.309 e. The number of aromatic nitrogens is 5. The van der Waals surface area contributed by atoms with E-state index in [0.29, 0.717) is 17.5 Å². The van der Waals surface area contributed by atoms with Gasteiger partial charge in [-0.15, -0.1) is 0 Å². The molecular formula is C49H31N5. The molecule has 0 amide bonds. The van der Waals surface area contributed by atoms with E-state index < -0.39 is 0 Å². The van der Waals surface area contributed by atoms with E-state index in [1.54, 1.807) is 0 Å². The van der Waals surface area contributed by atoms with Gasteiger partial charge in [0.25, 0.3) is 0 Å². The molecule has 11 rings (SSSR count). The summed E-state index contributed by atoms with van der Waals surface area (Å²) in [5, 5.41) is 7.11. The van der Waals surface area contributed by atoms with Crippen LogP contribution in [0.3, 0.4) is 0 Å². The van der Waals surface area contributed by atoms with Crippen molar-refractivity contribution in [3.8, 4) is 45.5 Å². The van der Waals surface area contributed by atoms with Gasteiger partial charge < -0.3 is 9.13 Å². The summed E-state index contributed by atoms with van der Waals surface area (Å²) in [6.45, 7) is 0. The van der Waals surface area contributed by atoms with Crippen molar-refractivity contribution in [3.63, 3.8) is 0 Å².